The van der Waals surface area contributed by atoms with Crippen molar-refractivity contribution in [2.24, 2.45) is 10.9 Å². The minimum absolute atomic E-state index is 0.0832. The van der Waals surface area contributed by atoms with Gasteiger partial charge in [-0.05, 0) is 64.2 Å². The first-order chi connectivity index (χ1) is 19.4. The van der Waals surface area contributed by atoms with Crippen LogP contribution in [0.1, 0.15) is 41.8 Å². The number of fused-ring (bicyclic) bond motifs is 4. The standard InChI is InChI=1S/C29H21Cl2N7O2/c1-14-6-15-2-4-22(34-29(15)40-12-14)21-11-23(33-28(21)31)27-20-10-19(20)25-7-16(8-26(39)38(25)27)18-9-17(30)3-5-24(18)37-13-32-35-36-37/h2-5,7-9,13,19-20,27H,1,6,10-12H2. The normalized spacial score (nSPS) is 22.5. The molecule has 0 N–H and O–H groups in total. The SMILES string of the molecule is C=C1COc2nc(C3=C(Cl)N=C(C4C5CC5c5cc(-c6cc(Cl)ccc6-n6cnnn6)cc(=O)n54)C3)ccc2C1. The summed E-state index contributed by atoms with van der Waals surface area (Å²) in [6.07, 6.45) is 3.82. The fourth-order valence-electron chi connectivity index (χ4n) is 6.28. The van der Waals surface area contributed by atoms with Crippen LogP contribution in [0.3, 0.4) is 0 Å². The molecule has 8 rings (SSSR count). The van der Waals surface area contributed by atoms with E-state index in [4.69, 9.17) is 37.9 Å². The fraction of sp³-hybridized carbons (Fsp3) is 0.241. The van der Waals surface area contributed by atoms with Gasteiger partial charge < -0.3 is 9.30 Å². The Hall–Kier alpha value is -4.08. The van der Waals surface area contributed by atoms with E-state index in [1.807, 2.05) is 28.8 Å². The van der Waals surface area contributed by atoms with Crippen molar-refractivity contribution in [3.05, 3.63) is 98.4 Å². The second kappa shape index (κ2) is 8.71. The number of rotatable bonds is 4. The van der Waals surface area contributed by atoms with Gasteiger partial charge in [-0.15, -0.1) is 5.10 Å². The molecular weight excluding hydrogens is 549 g/mol. The van der Waals surface area contributed by atoms with Crippen molar-refractivity contribution in [1.29, 1.82) is 0 Å². The van der Waals surface area contributed by atoms with Gasteiger partial charge in [-0.2, -0.15) is 4.68 Å². The highest BCUT2D eigenvalue weighted by Gasteiger charge is 2.55. The molecule has 9 nitrogen and oxygen atoms in total. The van der Waals surface area contributed by atoms with Crippen LogP contribution in [0, 0.1) is 5.92 Å². The summed E-state index contributed by atoms with van der Waals surface area (Å²) in [5, 5.41) is 12.5. The molecule has 198 valence electrons. The maximum atomic E-state index is 13.7. The molecule has 3 aliphatic heterocycles. The zero-order chi connectivity index (χ0) is 27.1. The molecule has 4 aliphatic rings. The summed E-state index contributed by atoms with van der Waals surface area (Å²) in [5.74, 6) is 1.23. The van der Waals surface area contributed by atoms with Crippen molar-refractivity contribution in [2.45, 2.75) is 31.2 Å². The number of tetrazole rings is 1. The highest BCUT2D eigenvalue weighted by molar-refractivity contribution is 6.35. The lowest BCUT2D eigenvalue weighted by atomic mass is 9.99. The van der Waals surface area contributed by atoms with Gasteiger partial charge in [0.15, 0.2) is 0 Å². The molecule has 0 amide bonds. The lowest BCUT2D eigenvalue weighted by Crippen LogP contribution is -2.29. The third-order valence-electron chi connectivity index (χ3n) is 8.16. The zero-order valence-corrected chi connectivity index (χ0v) is 22.6. The number of aromatic nitrogens is 6. The van der Waals surface area contributed by atoms with E-state index in [2.05, 4.69) is 28.2 Å². The van der Waals surface area contributed by atoms with Gasteiger partial charge in [-0.25, -0.2) is 9.98 Å². The van der Waals surface area contributed by atoms with Gasteiger partial charge in [0, 0.05) is 58.0 Å². The van der Waals surface area contributed by atoms with E-state index >= 15 is 0 Å². The second-order valence-corrected chi connectivity index (χ2v) is 11.5. The van der Waals surface area contributed by atoms with Gasteiger partial charge in [0.1, 0.15) is 18.1 Å². The van der Waals surface area contributed by atoms with E-state index in [1.165, 1.54) is 6.33 Å². The molecule has 6 heterocycles. The van der Waals surface area contributed by atoms with Crippen LogP contribution in [0.4, 0.5) is 0 Å². The molecule has 1 saturated carbocycles. The predicted octanol–water partition coefficient (Wildman–Crippen LogP) is 5.14. The Kier molecular flexibility index (Phi) is 5.18. The first kappa shape index (κ1) is 23.8. The molecule has 11 heteroatoms. The van der Waals surface area contributed by atoms with Gasteiger partial charge in [0.05, 0.1) is 17.4 Å². The number of hydrogen-bond acceptors (Lipinski definition) is 7. The Morgan fingerprint density at radius 3 is 2.83 bits per heavy atom. The minimum atomic E-state index is -0.136. The highest BCUT2D eigenvalue weighted by atomic mass is 35.5. The quantitative estimate of drug-likeness (QED) is 0.249. The number of benzene rings is 1. The molecular formula is C29H21Cl2N7O2. The van der Waals surface area contributed by atoms with E-state index in [9.17, 15) is 4.79 Å². The van der Waals surface area contributed by atoms with Gasteiger partial charge in [0.25, 0.3) is 5.56 Å². The van der Waals surface area contributed by atoms with Crippen LogP contribution in [-0.4, -0.2) is 42.1 Å². The largest absolute Gasteiger partial charge is 0.473 e. The van der Waals surface area contributed by atoms with Crippen molar-refractivity contribution in [3.63, 3.8) is 0 Å². The molecule has 1 fully saturated rings. The summed E-state index contributed by atoms with van der Waals surface area (Å²) >= 11 is 13.0. The number of ether oxygens (including phenoxy) is 1. The van der Waals surface area contributed by atoms with Crippen LogP contribution in [0.15, 0.2) is 75.9 Å². The van der Waals surface area contributed by atoms with Gasteiger partial charge in [-0.3, -0.25) is 4.79 Å². The summed E-state index contributed by atoms with van der Waals surface area (Å²) in [7, 11) is 0. The number of nitrogens with zero attached hydrogens (tertiary/aromatic N) is 7. The maximum Gasteiger partial charge on any atom is 0.251 e. The van der Waals surface area contributed by atoms with Crippen molar-refractivity contribution in [3.8, 4) is 22.7 Å². The van der Waals surface area contributed by atoms with Crippen LogP contribution in [0.2, 0.25) is 5.02 Å². The van der Waals surface area contributed by atoms with Crippen LogP contribution in [-0.2, 0) is 6.42 Å². The van der Waals surface area contributed by atoms with E-state index in [0.29, 0.717) is 40.9 Å². The van der Waals surface area contributed by atoms with E-state index in [1.54, 1.807) is 16.8 Å². The third-order valence-corrected chi connectivity index (χ3v) is 8.71. The molecule has 0 spiro atoms. The molecule has 3 aromatic heterocycles. The topological polar surface area (TPSA) is 100 Å². The van der Waals surface area contributed by atoms with Gasteiger partial charge in [0.2, 0.25) is 5.88 Å². The number of pyridine rings is 2. The first-order valence-electron chi connectivity index (χ1n) is 13.0. The number of halogens is 2. The lowest BCUT2D eigenvalue weighted by molar-refractivity contribution is 0.318. The first-order valence-corrected chi connectivity index (χ1v) is 13.8. The van der Waals surface area contributed by atoms with Crippen molar-refractivity contribution in [2.75, 3.05) is 6.61 Å². The third kappa shape index (κ3) is 3.68. The molecule has 3 atom stereocenters. The smallest absolute Gasteiger partial charge is 0.251 e. The lowest BCUT2D eigenvalue weighted by Gasteiger charge is -2.20. The molecule has 1 aromatic carbocycles. The average Bonchev–Trinajstić information content (AvgIpc) is 3.24. The van der Waals surface area contributed by atoms with Gasteiger partial charge >= 0.3 is 0 Å². The van der Waals surface area contributed by atoms with Crippen LogP contribution in [0.5, 0.6) is 5.88 Å². The Labute approximate surface area is 238 Å². The zero-order valence-electron chi connectivity index (χ0n) is 21.1. The van der Waals surface area contributed by atoms with Crippen LogP contribution < -0.4 is 10.3 Å². The molecule has 0 saturated heterocycles. The molecule has 40 heavy (non-hydrogen) atoms. The summed E-state index contributed by atoms with van der Waals surface area (Å²) in [6.45, 7) is 4.48. The molecule has 1 aliphatic carbocycles. The van der Waals surface area contributed by atoms with E-state index in [-0.39, 0.29) is 11.6 Å². The Morgan fingerprint density at radius 2 is 1.98 bits per heavy atom. The van der Waals surface area contributed by atoms with Gasteiger partial charge in [-0.1, -0.05) is 35.8 Å². The predicted molar refractivity (Wildman–Crippen MR) is 151 cm³/mol. The molecule has 3 unspecified atom stereocenters. The Balaban J connectivity index is 1.13. The fourth-order valence-corrected chi connectivity index (χ4v) is 6.73. The van der Waals surface area contributed by atoms with Crippen molar-refractivity contribution in [1.82, 2.24) is 29.8 Å². The highest BCUT2D eigenvalue weighted by Crippen LogP contribution is 2.60. The Morgan fingerprint density at radius 1 is 1.07 bits per heavy atom. The van der Waals surface area contributed by atoms with Crippen molar-refractivity contribution < 1.29 is 4.74 Å². The van der Waals surface area contributed by atoms with Crippen LogP contribution >= 0.6 is 23.2 Å². The number of allylic oxidation sites excluding steroid dienone is 1. The summed E-state index contributed by atoms with van der Waals surface area (Å²) in [6, 6.07) is 13.1. The number of hydrogen-bond donors (Lipinski definition) is 0. The monoisotopic (exact) mass is 569 g/mol. The summed E-state index contributed by atoms with van der Waals surface area (Å²) < 4.78 is 9.25. The Bertz CT molecular complexity index is 1880. The average molecular weight is 570 g/mol. The van der Waals surface area contributed by atoms with E-state index in [0.717, 1.165) is 63.5 Å². The summed E-state index contributed by atoms with van der Waals surface area (Å²) in [4.78, 5) is 23.2. The van der Waals surface area contributed by atoms with Crippen molar-refractivity contribution >= 4 is 34.5 Å². The summed E-state index contributed by atoms with van der Waals surface area (Å²) in [5.41, 5.74) is 7.78. The molecule has 0 bridgehead atoms. The van der Waals surface area contributed by atoms with Crippen LogP contribution in [0.25, 0.3) is 22.4 Å². The van der Waals surface area contributed by atoms with E-state index < -0.39 is 0 Å². The maximum absolute atomic E-state index is 13.7. The molecule has 4 aromatic rings. The second-order valence-electron chi connectivity index (χ2n) is 10.7. The molecule has 0 radical (unpaired) electrons. The minimum Gasteiger partial charge on any atom is -0.473 e. The number of aliphatic imine (C=N–C) groups is 1.